The van der Waals surface area contributed by atoms with E-state index in [4.69, 9.17) is 0 Å². The van der Waals surface area contributed by atoms with Gasteiger partial charge in [0.05, 0.1) is 23.1 Å². The van der Waals surface area contributed by atoms with Crippen LogP contribution >= 0.6 is 0 Å². The van der Waals surface area contributed by atoms with Gasteiger partial charge in [0.25, 0.3) is 0 Å². The number of rotatable bonds is 5. The standard InChI is InChI=1S/C17H14F3N9/c1-2-22-14-6-15(26-29-13(7-21)8-23-16(14)29)25-11-3-10(17(18,19)20)4-12(5-11)28-9-24-27-28/h3-6,8-9,22,27H,2H2,1H3,(H,25,26). The van der Waals surface area contributed by atoms with E-state index in [2.05, 4.69) is 31.0 Å². The second kappa shape index (κ2) is 6.86. The zero-order valence-electron chi connectivity index (χ0n) is 15.0. The molecule has 0 fully saturated rings. The Morgan fingerprint density at radius 3 is 2.66 bits per heavy atom. The summed E-state index contributed by atoms with van der Waals surface area (Å²) in [6, 6.07) is 7.12. The van der Waals surface area contributed by atoms with Crippen molar-refractivity contribution in [3.8, 4) is 11.8 Å². The van der Waals surface area contributed by atoms with Crippen LogP contribution < -0.4 is 10.6 Å². The quantitative estimate of drug-likeness (QED) is 0.473. The average Bonchev–Trinajstić information content (AvgIpc) is 3.03. The molecule has 0 aliphatic heterocycles. The van der Waals surface area contributed by atoms with Gasteiger partial charge in [0, 0.05) is 18.3 Å². The summed E-state index contributed by atoms with van der Waals surface area (Å²) in [6.07, 6.45) is -1.79. The largest absolute Gasteiger partial charge is 0.416 e. The third-order valence-corrected chi connectivity index (χ3v) is 4.08. The lowest BCUT2D eigenvalue weighted by atomic mass is 10.1. The van der Waals surface area contributed by atoms with Gasteiger partial charge in [-0.1, -0.05) is 0 Å². The molecule has 0 amide bonds. The molecule has 0 unspecified atom stereocenters. The van der Waals surface area contributed by atoms with Crippen LogP contribution in [0.4, 0.5) is 30.4 Å². The summed E-state index contributed by atoms with van der Waals surface area (Å²) in [6.45, 7) is 2.47. The van der Waals surface area contributed by atoms with Crippen LogP contribution in [0.25, 0.3) is 11.3 Å². The van der Waals surface area contributed by atoms with Crippen LogP contribution in [0.3, 0.4) is 0 Å². The summed E-state index contributed by atoms with van der Waals surface area (Å²) in [5, 5.41) is 25.7. The topological polar surface area (TPSA) is 112 Å². The Morgan fingerprint density at radius 1 is 1.24 bits per heavy atom. The minimum absolute atomic E-state index is 0.171. The van der Waals surface area contributed by atoms with Gasteiger partial charge in [0.2, 0.25) is 0 Å². The molecule has 1 aromatic carbocycles. The highest BCUT2D eigenvalue weighted by atomic mass is 19.4. The number of nitrogens with zero attached hydrogens (tertiary/aromatic N) is 6. The van der Waals surface area contributed by atoms with E-state index in [9.17, 15) is 18.4 Å². The number of nitriles is 1. The van der Waals surface area contributed by atoms with Crippen molar-refractivity contribution in [3.63, 3.8) is 0 Å². The molecule has 12 heteroatoms. The second-order valence-corrected chi connectivity index (χ2v) is 6.07. The lowest BCUT2D eigenvalue weighted by molar-refractivity contribution is -0.137. The number of nitrogens with one attached hydrogen (secondary N) is 3. The number of benzene rings is 1. The monoisotopic (exact) mass is 401 g/mol. The van der Waals surface area contributed by atoms with Crippen LogP contribution in [0.15, 0.2) is 36.8 Å². The Morgan fingerprint density at radius 2 is 2.03 bits per heavy atom. The molecule has 0 aliphatic carbocycles. The highest BCUT2D eigenvalue weighted by Crippen LogP contribution is 2.34. The average molecular weight is 401 g/mol. The lowest BCUT2D eigenvalue weighted by Gasteiger charge is -2.16. The first-order valence-electron chi connectivity index (χ1n) is 8.49. The zero-order valence-corrected chi connectivity index (χ0v) is 15.0. The van der Waals surface area contributed by atoms with Gasteiger partial charge in [-0.15, -0.1) is 10.2 Å². The normalized spacial score (nSPS) is 11.6. The lowest BCUT2D eigenvalue weighted by Crippen LogP contribution is -2.12. The van der Waals surface area contributed by atoms with E-state index in [-0.39, 0.29) is 22.9 Å². The summed E-state index contributed by atoms with van der Waals surface area (Å²) < 4.78 is 42.7. The van der Waals surface area contributed by atoms with E-state index in [1.165, 1.54) is 27.8 Å². The van der Waals surface area contributed by atoms with Crippen molar-refractivity contribution in [2.24, 2.45) is 0 Å². The van der Waals surface area contributed by atoms with Crippen molar-refractivity contribution < 1.29 is 13.2 Å². The smallest absolute Gasteiger partial charge is 0.382 e. The molecule has 148 valence electrons. The Balaban J connectivity index is 1.80. The molecule has 3 heterocycles. The van der Waals surface area contributed by atoms with Gasteiger partial charge < -0.3 is 10.6 Å². The highest BCUT2D eigenvalue weighted by molar-refractivity contribution is 5.73. The third-order valence-electron chi connectivity index (χ3n) is 4.08. The maximum Gasteiger partial charge on any atom is 0.416 e. The van der Waals surface area contributed by atoms with Crippen LogP contribution in [-0.2, 0) is 6.18 Å². The molecule has 4 rings (SSSR count). The van der Waals surface area contributed by atoms with Crippen LogP contribution in [0.5, 0.6) is 0 Å². The Bertz CT molecular complexity index is 1200. The molecule has 29 heavy (non-hydrogen) atoms. The SMILES string of the molecule is CCNc1cc(Nc2cc(-n3cn[nH]3)cc(C(F)(F)F)c2)nn2c(C#N)cnc12. The minimum Gasteiger partial charge on any atom is -0.382 e. The van der Waals surface area contributed by atoms with E-state index >= 15 is 0 Å². The maximum absolute atomic E-state index is 13.3. The number of anilines is 3. The van der Waals surface area contributed by atoms with Gasteiger partial charge in [0.1, 0.15) is 12.4 Å². The number of fused-ring (bicyclic) bond motifs is 1. The molecule has 0 radical (unpaired) electrons. The molecule has 0 aliphatic rings. The number of hydrogen-bond donors (Lipinski definition) is 3. The fraction of sp³-hybridized carbons (Fsp3) is 0.176. The van der Waals surface area contributed by atoms with Crippen LogP contribution in [0, 0.1) is 11.3 Å². The van der Waals surface area contributed by atoms with E-state index in [1.807, 2.05) is 13.0 Å². The third kappa shape index (κ3) is 3.45. The molecule has 0 atom stereocenters. The van der Waals surface area contributed by atoms with Crippen molar-refractivity contribution in [1.29, 1.82) is 5.26 Å². The Labute approximate surface area is 161 Å². The van der Waals surface area contributed by atoms with Crippen LogP contribution in [-0.4, -0.2) is 36.1 Å². The fourth-order valence-electron chi connectivity index (χ4n) is 2.80. The van der Waals surface area contributed by atoms with Crippen molar-refractivity contribution in [2.75, 3.05) is 17.2 Å². The van der Waals surface area contributed by atoms with Crippen LogP contribution in [0.2, 0.25) is 0 Å². The number of aromatic nitrogens is 6. The first-order valence-corrected chi connectivity index (χ1v) is 8.49. The second-order valence-electron chi connectivity index (χ2n) is 6.07. The van der Waals surface area contributed by atoms with Gasteiger partial charge in [-0.25, -0.2) is 14.9 Å². The van der Waals surface area contributed by atoms with Crippen molar-refractivity contribution in [3.05, 3.63) is 48.0 Å². The van der Waals surface area contributed by atoms with Gasteiger partial charge in [-0.05, 0) is 25.1 Å². The van der Waals surface area contributed by atoms with Gasteiger partial charge in [0.15, 0.2) is 17.2 Å². The molecule has 0 saturated carbocycles. The summed E-state index contributed by atoms with van der Waals surface area (Å²) in [7, 11) is 0. The van der Waals surface area contributed by atoms with Crippen molar-refractivity contribution in [1.82, 2.24) is 29.6 Å². The predicted molar refractivity (Wildman–Crippen MR) is 98.1 cm³/mol. The van der Waals surface area contributed by atoms with E-state index in [0.29, 0.717) is 17.9 Å². The number of imidazole rings is 1. The zero-order chi connectivity index (χ0) is 20.6. The predicted octanol–water partition coefficient (Wildman–Crippen LogP) is 3.31. The summed E-state index contributed by atoms with van der Waals surface area (Å²) in [5.74, 6) is 0.249. The summed E-state index contributed by atoms with van der Waals surface area (Å²) >= 11 is 0. The molecule has 3 aromatic heterocycles. The summed E-state index contributed by atoms with van der Waals surface area (Å²) in [5.41, 5.74) is 0.840. The maximum atomic E-state index is 13.3. The van der Waals surface area contributed by atoms with E-state index < -0.39 is 11.7 Å². The summed E-state index contributed by atoms with van der Waals surface area (Å²) in [4.78, 5) is 4.17. The number of H-pyrrole nitrogens is 1. The molecule has 0 saturated heterocycles. The van der Waals surface area contributed by atoms with Crippen molar-refractivity contribution in [2.45, 2.75) is 13.1 Å². The molecule has 9 nitrogen and oxygen atoms in total. The Kier molecular flexibility index (Phi) is 4.34. The van der Waals surface area contributed by atoms with Crippen molar-refractivity contribution >= 4 is 22.8 Å². The van der Waals surface area contributed by atoms with Gasteiger partial charge in [-0.3, -0.25) is 0 Å². The minimum atomic E-state index is -4.53. The molecule has 3 N–H and O–H groups in total. The number of hydrogen-bond acceptors (Lipinski definition) is 6. The number of halogens is 3. The first kappa shape index (κ1) is 18.4. The molecular weight excluding hydrogens is 387 g/mol. The van der Waals surface area contributed by atoms with Gasteiger partial charge in [-0.2, -0.15) is 22.9 Å². The van der Waals surface area contributed by atoms with Crippen LogP contribution in [0.1, 0.15) is 18.2 Å². The Hall–Kier alpha value is -4.01. The van der Waals surface area contributed by atoms with Gasteiger partial charge >= 0.3 is 6.18 Å². The molecule has 0 spiro atoms. The fourth-order valence-corrected chi connectivity index (χ4v) is 2.80. The number of alkyl halides is 3. The molecule has 0 bridgehead atoms. The first-order chi connectivity index (χ1) is 13.9. The number of aromatic amines is 1. The van der Waals surface area contributed by atoms with E-state index in [0.717, 1.165) is 12.1 Å². The molecule has 4 aromatic rings. The highest BCUT2D eigenvalue weighted by Gasteiger charge is 2.31. The van der Waals surface area contributed by atoms with E-state index in [1.54, 1.807) is 6.07 Å². The molecular formula is C17H14F3N9.